The molecule has 0 fully saturated rings. The van der Waals surface area contributed by atoms with E-state index in [2.05, 4.69) is 38.4 Å². The maximum absolute atomic E-state index is 8.48. The molecule has 0 radical (unpaired) electrons. The third-order valence-electron chi connectivity index (χ3n) is 1.67. The fourth-order valence-corrected chi connectivity index (χ4v) is 2.69. The van der Waals surface area contributed by atoms with Crippen molar-refractivity contribution in [3.63, 3.8) is 0 Å². The molecule has 0 aromatic rings. The molecule has 0 rings (SSSR count). The number of rotatable bonds is 5. The Morgan fingerprint density at radius 1 is 1.31 bits per heavy atom. The summed E-state index contributed by atoms with van der Waals surface area (Å²) < 4.78 is 2.33. The van der Waals surface area contributed by atoms with E-state index in [1.54, 1.807) is 0 Å². The Morgan fingerprint density at radius 3 is 2.08 bits per heavy atom. The zero-order chi connectivity index (χ0) is 10.4. The molecule has 0 aromatic carbocycles. The van der Waals surface area contributed by atoms with Crippen LogP contribution in [-0.4, -0.2) is 21.9 Å². The normalized spacial score (nSPS) is 14.7. The van der Waals surface area contributed by atoms with Gasteiger partial charge in [0.2, 0.25) is 0 Å². The zero-order valence-corrected chi connectivity index (χ0v) is 10.5. The van der Waals surface area contributed by atoms with Crippen molar-refractivity contribution in [3.05, 3.63) is 0 Å². The summed E-state index contributed by atoms with van der Waals surface area (Å²) in [5.41, 5.74) is 0. The van der Waals surface area contributed by atoms with E-state index in [1.807, 2.05) is 0 Å². The van der Waals surface area contributed by atoms with Crippen molar-refractivity contribution >= 4 is 20.3 Å². The topological polar surface area (TPSA) is 27.0 Å². The summed E-state index contributed by atoms with van der Waals surface area (Å²) in [6, 6.07) is 3.10. The number of hydrogen-bond acceptors (Lipinski definition) is 2. The Morgan fingerprint density at radius 2 is 1.77 bits per heavy atom. The number of nitriles is 1. The molecule has 0 amide bonds. The molecular weight excluding hydrogens is 203 g/mol. The quantitative estimate of drug-likeness (QED) is 0.526. The van der Waals surface area contributed by atoms with Crippen molar-refractivity contribution in [2.75, 3.05) is 0 Å². The van der Waals surface area contributed by atoms with Crippen LogP contribution in [0.4, 0.5) is 0 Å². The summed E-state index contributed by atoms with van der Waals surface area (Å²) in [5, 5.41) is 8.46. The Kier molecular flexibility index (Phi) is 6.68. The van der Waals surface area contributed by atoms with Crippen molar-refractivity contribution < 1.29 is 0 Å². The van der Waals surface area contributed by atoms with Gasteiger partial charge in [0.25, 0.3) is 0 Å². The summed E-state index contributed by atoms with van der Waals surface area (Å²) in [6.07, 6.45) is 0.440. The van der Waals surface area contributed by atoms with Crippen molar-refractivity contribution in [2.45, 2.75) is 51.3 Å². The minimum atomic E-state index is -0.0187. The van der Waals surface area contributed by atoms with Crippen LogP contribution in [0.15, 0.2) is 0 Å². The Balaban J connectivity index is 4.04. The molecule has 0 heterocycles. The molecular formula is C9H18ClN2P. The van der Waals surface area contributed by atoms with E-state index in [-0.39, 0.29) is 5.12 Å². The molecule has 76 valence electrons. The summed E-state index contributed by atoms with van der Waals surface area (Å²) in [5.74, 6) is 0. The van der Waals surface area contributed by atoms with E-state index in [0.29, 0.717) is 27.2 Å². The molecule has 2 unspecified atom stereocenters. The number of hydrogen-bond donors (Lipinski definition) is 0. The Labute approximate surface area is 88.1 Å². The van der Waals surface area contributed by atoms with Gasteiger partial charge in [-0.3, -0.25) is 4.67 Å². The van der Waals surface area contributed by atoms with E-state index >= 15 is 0 Å². The number of alkyl halides is 1. The summed E-state index contributed by atoms with van der Waals surface area (Å²) in [4.78, 5) is 0. The second-order valence-corrected chi connectivity index (χ2v) is 5.92. The van der Waals surface area contributed by atoms with Crippen LogP contribution in [0.1, 0.15) is 34.1 Å². The number of halogens is 1. The van der Waals surface area contributed by atoms with Gasteiger partial charge in [-0.1, -0.05) is 0 Å². The third kappa shape index (κ3) is 5.47. The van der Waals surface area contributed by atoms with Gasteiger partial charge >= 0.3 is 0 Å². The molecule has 0 aliphatic rings. The van der Waals surface area contributed by atoms with Crippen LogP contribution in [0.25, 0.3) is 0 Å². The van der Waals surface area contributed by atoms with Gasteiger partial charge in [0, 0.05) is 12.1 Å². The minimum Gasteiger partial charge on any atom is -0.278 e. The first-order chi connectivity index (χ1) is 5.99. The lowest BCUT2D eigenvalue weighted by Crippen LogP contribution is -2.30. The van der Waals surface area contributed by atoms with Gasteiger partial charge in [0.1, 0.15) is 0 Å². The van der Waals surface area contributed by atoms with Crippen LogP contribution < -0.4 is 0 Å². The molecule has 0 aliphatic carbocycles. The summed E-state index contributed by atoms with van der Waals surface area (Å²) in [6.45, 7) is 8.62. The monoisotopic (exact) mass is 220 g/mol. The lowest BCUT2D eigenvalue weighted by Gasteiger charge is -2.31. The van der Waals surface area contributed by atoms with Crippen LogP contribution in [-0.2, 0) is 0 Å². The molecule has 2 atom stereocenters. The lowest BCUT2D eigenvalue weighted by atomic mass is 10.3. The molecule has 4 heteroatoms. The van der Waals surface area contributed by atoms with Crippen LogP contribution in [0.5, 0.6) is 0 Å². The summed E-state index contributed by atoms with van der Waals surface area (Å²) >= 11 is 6.01. The third-order valence-corrected chi connectivity index (χ3v) is 3.93. The second-order valence-electron chi connectivity index (χ2n) is 3.55. The van der Waals surface area contributed by atoms with Crippen molar-refractivity contribution in [1.82, 2.24) is 4.67 Å². The molecule has 0 spiro atoms. The minimum absolute atomic E-state index is 0.0187. The highest BCUT2D eigenvalue weighted by Gasteiger charge is 2.17. The molecule has 2 nitrogen and oxygen atoms in total. The van der Waals surface area contributed by atoms with Gasteiger partial charge < -0.3 is 0 Å². The highest BCUT2D eigenvalue weighted by Crippen LogP contribution is 2.33. The fraction of sp³-hybridized carbons (Fsp3) is 0.889. The first-order valence-corrected chi connectivity index (χ1v) is 6.00. The van der Waals surface area contributed by atoms with Crippen LogP contribution in [0.2, 0.25) is 0 Å². The van der Waals surface area contributed by atoms with E-state index in [0.717, 1.165) is 0 Å². The second kappa shape index (κ2) is 6.60. The average molecular weight is 221 g/mol. The predicted octanol–water partition coefficient (Wildman–Crippen LogP) is 3.18. The smallest absolute Gasteiger partial charge is 0.0770 e. The highest BCUT2D eigenvalue weighted by molar-refractivity contribution is 7.38. The zero-order valence-electron chi connectivity index (χ0n) is 8.71. The van der Waals surface area contributed by atoms with Crippen molar-refractivity contribution in [3.8, 4) is 6.07 Å². The van der Waals surface area contributed by atoms with E-state index < -0.39 is 0 Å². The van der Waals surface area contributed by atoms with Gasteiger partial charge in [-0.25, -0.2) is 0 Å². The van der Waals surface area contributed by atoms with Crippen LogP contribution in [0.3, 0.4) is 0 Å². The average Bonchev–Trinajstić information content (AvgIpc) is 1.99. The maximum Gasteiger partial charge on any atom is 0.0770 e. The Bertz CT molecular complexity index is 169. The first-order valence-electron chi connectivity index (χ1n) is 4.54. The van der Waals surface area contributed by atoms with Gasteiger partial charge in [0.15, 0.2) is 0 Å². The standard InChI is InChI=1S/C9H18ClN2P/c1-7(2)12(8(3)4)13-9(10)5-6-11/h7-9,13H,5H2,1-4H3. The largest absolute Gasteiger partial charge is 0.278 e. The molecule has 0 saturated heterocycles. The van der Waals surface area contributed by atoms with Crippen molar-refractivity contribution in [2.24, 2.45) is 0 Å². The maximum atomic E-state index is 8.48. The highest BCUT2D eigenvalue weighted by atomic mass is 35.5. The molecule has 0 aliphatic heterocycles. The van der Waals surface area contributed by atoms with E-state index in [9.17, 15) is 0 Å². The Hall–Kier alpha value is 0.170. The molecule has 0 saturated carbocycles. The molecule has 0 bridgehead atoms. The lowest BCUT2D eigenvalue weighted by molar-refractivity contribution is 0.328. The SMILES string of the molecule is CC(C)N(PC(Cl)CC#N)C(C)C. The van der Waals surface area contributed by atoms with Gasteiger partial charge in [-0.15, -0.1) is 11.6 Å². The molecule has 0 aromatic heterocycles. The number of nitrogens with zero attached hydrogens (tertiary/aromatic N) is 2. The first kappa shape index (κ1) is 13.2. The summed E-state index contributed by atoms with van der Waals surface area (Å²) in [7, 11) is 0.541. The van der Waals surface area contributed by atoms with Crippen LogP contribution in [0, 0.1) is 11.3 Å². The molecule has 13 heavy (non-hydrogen) atoms. The van der Waals surface area contributed by atoms with Gasteiger partial charge in [-0.2, -0.15) is 5.26 Å². The van der Waals surface area contributed by atoms with E-state index in [1.165, 1.54) is 0 Å². The van der Waals surface area contributed by atoms with Gasteiger partial charge in [-0.05, 0) is 36.4 Å². The van der Waals surface area contributed by atoms with Crippen LogP contribution >= 0.6 is 20.3 Å². The van der Waals surface area contributed by atoms with Gasteiger partial charge in [0.05, 0.1) is 17.6 Å². The fourth-order valence-electron chi connectivity index (χ4n) is 1.18. The van der Waals surface area contributed by atoms with Crippen molar-refractivity contribution in [1.29, 1.82) is 5.26 Å². The predicted molar refractivity (Wildman–Crippen MR) is 60.3 cm³/mol. The molecule has 0 N–H and O–H groups in total. The van der Waals surface area contributed by atoms with E-state index in [4.69, 9.17) is 16.9 Å².